The molecule has 0 spiro atoms. The molecule has 92 valence electrons. The summed E-state index contributed by atoms with van der Waals surface area (Å²) in [6, 6.07) is 4.38. The number of aliphatic carboxylic acids is 2. The summed E-state index contributed by atoms with van der Waals surface area (Å²) in [6.07, 6.45) is -1.69. The van der Waals surface area contributed by atoms with Gasteiger partial charge in [0.15, 0.2) is 6.10 Å². The van der Waals surface area contributed by atoms with Gasteiger partial charge < -0.3 is 15.3 Å². The van der Waals surface area contributed by atoms with E-state index in [0.717, 1.165) is 0 Å². The lowest BCUT2D eigenvalue weighted by atomic mass is 9.98. The summed E-state index contributed by atoms with van der Waals surface area (Å²) in [5, 5.41) is 27.0. The fraction of sp³-hybridized carbons (Fsp3) is 0.273. The van der Waals surface area contributed by atoms with Crippen molar-refractivity contribution in [3.8, 4) is 0 Å². The minimum atomic E-state index is -1.70. The third-order valence-electron chi connectivity index (χ3n) is 2.24. The number of aryl methyl sites for hydroxylation is 1. The summed E-state index contributed by atoms with van der Waals surface area (Å²) in [5.74, 6) is -2.39. The van der Waals surface area contributed by atoms with Crippen LogP contribution in [-0.4, -0.2) is 27.3 Å². The van der Waals surface area contributed by atoms with Crippen LogP contribution in [0.15, 0.2) is 18.2 Å². The predicted octanol–water partition coefficient (Wildman–Crippen LogP) is 1.48. The van der Waals surface area contributed by atoms with E-state index in [9.17, 15) is 14.7 Å². The van der Waals surface area contributed by atoms with Crippen LogP contribution < -0.4 is 0 Å². The van der Waals surface area contributed by atoms with Gasteiger partial charge in [0, 0.05) is 11.4 Å². The molecule has 0 saturated heterocycles. The fourth-order valence-corrected chi connectivity index (χ4v) is 1.60. The smallest absolute Gasteiger partial charge is 0.337 e. The van der Waals surface area contributed by atoms with Crippen LogP contribution in [0, 0.1) is 0 Å². The standard InChI is InChI=1S/C11H11ClO5/c12-7-3-1-6(2-4-9(13)14)8(5-7)10(15)11(16)17/h1,3,5,10,15H,2,4H2,(H,13,14)(H,16,17). The Hall–Kier alpha value is -1.59. The minimum Gasteiger partial charge on any atom is -0.481 e. The van der Waals surface area contributed by atoms with E-state index >= 15 is 0 Å². The topological polar surface area (TPSA) is 94.8 Å². The van der Waals surface area contributed by atoms with Gasteiger partial charge in [0.1, 0.15) is 0 Å². The highest BCUT2D eigenvalue weighted by Gasteiger charge is 2.20. The number of benzene rings is 1. The molecule has 6 heteroatoms. The van der Waals surface area contributed by atoms with E-state index < -0.39 is 18.0 Å². The Kier molecular flexibility index (Phi) is 4.48. The number of hydrogen-bond acceptors (Lipinski definition) is 3. The largest absolute Gasteiger partial charge is 0.481 e. The molecule has 0 amide bonds. The van der Waals surface area contributed by atoms with Crippen molar-refractivity contribution in [3.63, 3.8) is 0 Å². The first-order valence-corrected chi connectivity index (χ1v) is 5.20. The van der Waals surface area contributed by atoms with E-state index in [4.69, 9.17) is 21.8 Å². The molecule has 1 aromatic carbocycles. The van der Waals surface area contributed by atoms with Crippen molar-refractivity contribution in [2.75, 3.05) is 0 Å². The van der Waals surface area contributed by atoms with E-state index in [-0.39, 0.29) is 18.4 Å². The van der Waals surface area contributed by atoms with Crippen molar-refractivity contribution < 1.29 is 24.9 Å². The maximum Gasteiger partial charge on any atom is 0.337 e. The maximum atomic E-state index is 10.7. The zero-order chi connectivity index (χ0) is 13.0. The predicted molar refractivity (Wildman–Crippen MR) is 60.0 cm³/mol. The molecule has 17 heavy (non-hydrogen) atoms. The third kappa shape index (κ3) is 3.72. The molecule has 0 aliphatic carbocycles. The zero-order valence-electron chi connectivity index (χ0n) is 8.76. The molecule has 0 aliphatic heterocycles. The van der Waals surface area contributed by atoms with Crippen molar-refractivity contribution in [1.82, 2.24) is 0 Å². The van der Waals surface area contributed by atoms with Gasteiger partial charge in [-0.05, 0) is 29.7 Å². The molecule has 0 radical (unpaired) electrons. The lowest BCUT2D eigenvalue weighted by Gasteiger charge is -2.12. The van der Waals surface area contributed by atoms with Crippen molar-refractivity contribution >= 4 is 23.5 Å². The molecule has 0 saturated carbocycles. The highest BCUT2D eigenvalue weighted by atomic mass is 35.5. The second-order valence-electron chi connectivity index (χ2n) is 3.48. The molecule has 1 atom stereocenters. The van der Waals surface area contributed by atoms with Crippen LogP contribution in [0.2, 0.25) is 5.02 Å². The van der Waals surface area contributed by atoms with Crippen LogP contribution in [0.1, 0.15) is 23.7 Å². The molecule has 0 fully saturated rings. The number of carbonyl (C=O) groups is 2. The Bertz CT molecular complexity index is 443. The lowest BCUT2D eigenvalue weighted by Crippen LogP contribution is -2.13. The summed E-state index contributed by atoms with van der Waals surface area (Å²) in [4.78, 5) is 21.1. The van der Waals surface area contributed by atoms with Crippen LogP contribution in [0.25, 0.3) is 0 Å². The number of aliphatic hydroxyl groups excluding tert-OH is 1. The van der Waals surface area contributed by atoms with Crippen LogP contribution >= 0.6 is 11.6 Å². The van der Waals surface area contributed by atoms with Crippen molar-refractivity contribution in [2.45, 2.75) is 18.9 Å². The van der Waals surface area contributed by atoms with Crippen molar-refractivity contribution in [1.29, 1.82) is 0 Å². The quantitative estimate of drug-likeness (QED) is 0.743. The Morgan fingerprint density at radius 1 is 1.29 bits per heavy atom. The van der Waals surface area contributed by atoms with Crippen LogP contribution in [0.4, 0.5) is 0 Å². The van der Waals surface area contributed by atoms with Gasteiger partial charge in [-0.25, -0.2) is 4.79 Å². The Morgan fingerprint density at radius 2 is 1.94 bits per heavy atom. The van der Waals surface area contributed by atoms with Gasteiger partial charge in [0.2, 0.25) is 0 Å². The van der Waals surface area contributed by atoms with Gasteiger partial charge in [-0.2, -0.15) is 0 Å². The molecule has 3 N–H and O–H groups in total. The summed E-state index contributed by atoms with van der Waals surface area (Å²) >= 11 is 5.71. The van der Waals surface area contributed by atoms with E-state index in [2.05, 4.69) is 0 Å². The molecule has 0 aromatic heterocycles. The van der Waals surface area contributed by atoms with Crippen molar-refractivity contribution in [3.05, 3.63) is 34.3 Å². The molecule has 0 aliphatic rings. The SMILES string of the molecule is O=C(O)CCc1ccc(Cl)cc1C(O)C(=O)O. The summed E-state index contributed by atoms with van der Waals surface area (Å²) < 4.78 is 0. The normalized spacial score (nSPS) is 12.1. The molecule has 5 nitrogen and oxygen atoms in total. The molecule has 1 aromatic rings. The highest BCUT2D eigenvalue weighted by Crippen LogP contribution is 2.23. The van der Waals surface area contributed by atoms with Gasteiger partial charge in [-0.3, -0.25) is 4.79 Å². The number of carboxylic acid groups (broad SMARTS) is 2. The van der Waals surface area contributed by atoms with E-state index in [1.165, 1.54) is 18.2 Å². The van der Waals surface area contributed by atoms with E-state index in [0.29, 0.717) is 10.6 Å². The van der Waals surface area contributed by atoms with E-state index in [1.807, 2.05) is 0 Å². The van der Waals surface area contributed by atoms with Crippen LogP contribution in [0.5, 0.6) is 0 Å². The molecule has 0 bridgehead atoms. The van der Waals surface area contributed by atoms with Crippen LogP contribution in [0.3, 0.4) is 0 Å². The Balaban J connectivity index is 3.03. The zero-order valence-corrected chi connectivity index (χ0v) is 9.52. The molecule has 0 heterocycles. The number of carboxylic acids is 2. The number of halogens is 1. The lowest BCUT2D eigenvalue weighted by molar-refractivity contribution is -0.147. The molecular formula is C11H11ClO5. The fourth-order valence-electron chi connectivity index (χ4n) is 1.42. The average molecular weight is 259 g/mol. The Morgan fingerprint density at radius 3 is 2.47 bits per heavy atom. The first kappa shape index (κ1) is 13.5. The Labute approximate surface area is 102 Å². The van der Waals surface area contributed by atoms with Gasteiger partial charge >= 0.3 is 11.9 Å². The highest BCUT2D eigenvalue weighted by molar-refractivity contribution is 6.30. The monoisotopic (exact) mass is 258 g/mol. The third-order valence-corrected chi connectivity index (χ3v) is 2.48. The van der Waals surface area contributed by atoms with Crippen molar-refractivity contribution in [2.24, 2.45) is 0 Å². The maximum absolute atomic E-state index is 10.7. The first-order valence-electron chi connectivity index (χ1n) is 4.83. The summed E-state index contributed by atoms with van der Waals surface area (Å²) in [6.45, 7) is 0. The summed E-state index contributed by atoms with van der Waals surface area (Å²) in [7, 11) is 0. The summed E-state index contributed by atoms with van der Waals surface area (Å²) in [5.41, 5.74) is 0.595. The number of hydrogen-bond donors (Lipinski definition) is 3. The van der Waals surface area contributed by atoms with E-state index in [1.54, 1.807) is 0 Å². The average Bonchev–Trinajstić information content (AvgIpc) is 2.26. The van der Waals surface area contributed by atoms with Gasteiger partial charge in [-0.1, -0.05) is 17.7 Å². The van der Waals surface area contributed by atoms with Crippen LogP contribution in [-0.2, 0) is 16.0 Å². The second-order valence-corrected chi connectivity index (χ2v) is 3.91. The minimum absolute atomic E-state index is 0.131. The first-order chi connectivity index (χ1) is 7.91. The molecule has 1 rings (SSSR count). The second kappa shape index (κ2) is 5.65. The number of rotatable bonds is 5. The molecule has 1 unspecified atom stereocenters. The molecular weight excluding hydrogens is 248 g/mol. The van der Waals surface area contributed by atoms with Gasteiger partial charge in [0.25, 0.3) is 0 Å². The number of aliphatic hydroxyl groups is 1. The van der Waals surface area contributed by atoms with Gasteiger partial charge in [-0.15, -0.1) is 0 Å². The van der Waals surface area contributed by atoms with Gasteiger partial charge in [0.05, 0.1) is 0 Å².